The van der Waals surface area contributed by atoms with E-state index < -0.39 is 0 Å². The molecule has 2 atom stereocenters. The number of fused-ring (bicyclic) bond motifs is 2. The zero-order valence-electron chi connectivity index (χ0n) is 12.4. The molecule has 3 nitrogen and oxygen atoms in total. The molecule has 4 heteroatoms. The molecule has 1 aromatic carbocycles. The molecule has 0 aromatic heterocycles. The van der Waals surface area contributed by atoms with Gasteiger partial charge in [-0.25, -0.2) is 0 Å². The Morgan fingerprint density at radius 2 is 2.05 bits per heavy atom. The van der Waals surface area contributed by atoms with Crippen molar-refractivity contribution in [2.75, 3.05) is 20.2 Å². The van der Waals surface area contributed by atoms with Gasteiger partial charge in [-0.15, -0.1) is 12.4 Å². The average molecular weight is 297 g/mol. The van der Waals surface area contributed by atoms with Gasteiger partial charge >= 0.3 is 0 Å². The number of hydrogen-bond donors (Lipinski definition) is 1. The third-order valence-electron chi connectivity index (χ3n) is 4.64. The van der Waals surface area contributed by atoms with Crippen LogP contribution in [-0.4, -0.2) is 37.2 Å². The Balaban J connectivity index is 0.00000147. The van der Waals surface area contributed by atoms with Crippen LogP contribution in [0.3, 0.4) is 0 Å². The summed E-state index contributed by atoms with van der Waals surface area (Å²) in [4.78, 5) is 2.70. The smallest absolute Gasteiger partial charge is 0.122 e. The van der Waals surface area contributed by atoms with Gasteiger partial charge in [0.05, 0.1) is 7.11 Å². The van der Waals surface area contributed by atoms with Crippen LogP contribution in [0.4, 0.5) is 0 Å². The normalized spacial score (nSPS) is 25.9. The minimum absolute atomic E-state index is 0. The molecular formula is C16H25ClN2O. The zero-order chi connectivity index (χ0) is 13.2. The van der Waals surface area contributed by atoms with Crippen molar-refractivity contribution in [1.29, 1.82) is 0 Å². The fourth-order valence-electron chi connectivity index (χ4n) is 3.51. The highest BCUT2D eigenvalue weighted by Gasteiger charge is 2.34. The average Bonchev–Trinajstić information content (AvgIpc) is 2.65. The maximum Gasteiger partial charge on any atom is 0.122 e. The molecule has 2 heterocycles. The fourth-order valence-corrected chi connectivity index (χ4v) is 3.51. The molecule has 0 aliphatic carbocycles. The van der Waals surface area contributed by atoms with E-state index in [-0.39, 0.29) is 12.4 Å². The number of aryl methyl sites for hydroxylation is 1. The van der Waals surface area contributed by atoms with Crippen LogP contribution < -0.4 is 10.1 Å². The number of halogens is 1. The third kappa shape index (κ3) is 3.11. The minimum Gasteiger partial charge on any atom is -0.496 e. The molecule has 3 rings (SSSR count). The summed E-state index contributed by atoms with van der Waals surface area (Å²) in [6, 6.07) is 8.11. The molecule has 0 saturated carbocycles. The maximum atomic E-state index is 5.44. The molecule has 112 valence electrons. The largest absolute Gasteiger partial charge is 0.496 e. The van der Waals surface area contributed by atoms with Crippen molar-refractivity contribution in [1.82, 2.24) is 10.2 Å². The first-order valence-electron chi connectivity index (χ1n) is 7.38. The van der Waals surface area contributed by atoms with Gasteiger partial charge in [-0.05, 0) is 49.9 Å². The Kier molecular flexibility index (Phi) is 5.30. The molecule has 20 heavy (non-hydrogen) atoms. The molecule has 2 unspecified atom stereocenters. The molecule has 1 aromatic rings. The van der Waals surface area contributed by atoms with Crippen LogP contribution in [0.1, 0.15) is 30.4 Å². The van der Waals surface area contributed by atoms with Gasteiger partial charge in [-0.2, -0.15) is 0 Å². The van der Waals surface area contributed by atoms with E-state index in [1.54, 1.807) is 7.11 Å². The number of rotatable bonds is 3. The van der Waals surface area contributed by atoms with Crippen molar-refractivity contribution in [3.63, 3.8) is 0 Å². The predicted molar refractivity (Wildman–Crippen MR) is 84.8 cm³/mol. The van der Waals surface area contributed by atoms with Crippen LogP contribution in [0.25, 0.3) is 0 Å². The Hall–Kier alpha value is -0.770. The second-order valence-corrected chi connectivity index (χ2v) is 5.85. The molecule has 2 saturated heterocycles. The van der Waals surface area contributed by atoms with Crippen molar-refractivity contribution < 1.29 is 4.74 Å². The topological polar surface area (TPSA) is 24.5 Å². The molecule has 0 spiro atoms. The summed E-state index contributed by atoms with van der Waals surface area (Å²) in [7, 11) is 1.76. The Labute approximate surface area is 128 Å². The van der Waals surface area contributed by atoms with Gasteiger partial charge in [0, 0.05) is 25.2 Å². The zero-order valence-corrected chi connectivity index (χ0v) is 13.2. The number of ether oxygens (including phenoxy) is 1. The molecule has 2 aliphatic heterocycles. The van der Waals surface area contributed by atoms with E-state index in [2.05, 4.69) is 35.3 Å². The van der Waals surface area contributed by atoms with E-state index in [1.165, 1.54) is 36.9 Å². The molecule has 1 N–H and O–H groups in total. The Morgan fingerprint density at radius 3 is 2.85 bits per heavy atom. The standard InChI is InChI=1S/C16H24N2O.ClH/c1-12-3-4-13(9-16(12)19-2)11-18-14-5-6-15(18)10-17-8-7-14;/h3-4,9,14-15,17H,5-8,10-11H2,1-2H3;1H. The highest BCUT2D eigenvalue weighted by Crippen LogP contribution is 2.30. The molecule has 2 aliphatic rings. The first-order chi connectivity index (χ1) is 9.28. The van der Waals surface area contributed by atoms with Crippen molar-refractivity contribution in [3.8, 4) is 5.75 Å². The quantitative estimate of drug-likeness (QED) is 0.928. The van der Waals surface area contributed by atoms with Gasteiger partial charge in [0.1, 0.15) is 5.75 Å². The Morgan fingerprint density at radius 1 is 1.25 bits per heavy atom. The molecule has 0 radical (unpaired) electrons. The van der Waals surface area contributed by atoms with Crippen LogP contribution in [0, 0.1) is 6.92 Å². The van der Waals surface area contributed by atoms with E-state index in [0.717, 1.165) is 30.9 Å². The second-order valence-electron chi connectivity index (χ2n) is 5.85. The number of nitrogens with zero attached hydrogens (tertiary/aromatic N) is 1. The van der Waals surface area contributed by atoms with Gasteiger partial charge in [0.25, 0.3) is 0 Å². The third-order valence-corrected chi connectivity index (χ3v) is 4.64. The van der Waals surface area contributed by atoms with E-state index in [4.69, 9.17) is 4.74 Å². The van der Waals surface area contributed by atoms with Crippen LogP contribution >= 0.6 is 12.4 Å². The number of methoxy groups -OCH3 is 1. The second kappa shape index (κ2) is 6.79. The summed E-state index contributed by atoms with van der Waals surface area (Å²) >= 11 is 0. The molecule has 2 bridgehead atoms. The van der Waals surface area contributed by atoms with E-state index in [1.807, 2.05) is 0 Å². The van der Waals surface area contributed by atoms with Crippen molar-refractivity contribution >= 4 is 12.4 Å². The van der Waals surface area contributed by atoms with E-state index in [9.17, 15) is 0 Å². The summed E-state index contributed by atoms with van der Waals surface area (Å²) in [6.07, 6.45) is 4.01. The van der Waals surface area contributed by atoms with Gasteiger partial charge in [-0.1, -0.05) is 12.1 Å². The van der Waals surface area contributed by atoms with Crippen molar-refractivity contribution in [3.05, 3.63) is 29.3 Å². The van der Waals surface area contributed by atoms with Gasteiger partial charge < -0.3 is 10.1 Å². The first-order valence-corrected chi connectivity index (χ1v) is 7.38. The van der Waals surface area contributed by atoms with Crippen LogP contribution in [0.5, 0.6) is 5.75 Å². The van der Waals surface area contributed by atoms with Gasteiger partial charge in [0.15, 0.2) is 0 Å². The molecule has 2 fully saturated rings. The SMILES string of the molecule is COc1cc(CN2C3CCNCC2CC3)ccc1C.Cl. The number of benzene rings is 1. The minimum atomic E-state index is 0. The summed E-state index contributed by atoms with van der Waals surface area (Å²) < 4.78 is 5.44. The van der Waals surface area contributed by atoms with Crippen LogP contribution in [0.15, 0.2) is 18.2 Å². The lowest BCUT2D eigenvalue weighted by Gasteiger charge is -2.27. The first kappa shape index (κ1) is 15.6. The lowest BCUT2D eigenvalue weighted by molar-refractivity contribution is 0.193. The summed E-state index contributed by atoms with van der Waals surface area (Å²) in [6.45, 7) is 5.49. The van der Waals surface area contributed by atoms with Crippen molar-refractivity contribution in [2.24, 2.45) is 0 Å². The molecule has 0 amide bonds. The van der Waals surface area contributed by atoms with Crippen LogP contribution in [0.2, 0.25) is 0 Å². The number of hydrogen-bond acceptors (Lipinski definition) is 3. The van der Waals surface area contributed by atoms with E-state index in [0.29, 0.717) is 0 Å². The van der Waals surface area contributed by atoms with E-state index >= 15 is 0 Å². The van der Waals surface area contributed by atoms with Crippen molar-refractivity contribution in [2.45, 2.75) is 44.8 Å². The monoisotopic (exact) mass is 296 g/mol. The highest BCUT2D eigenvalue weighted by molar-refractivity contribution is 5.85. The maximum absolute atomic E-state index is 5.44. The lowest BCUT2D eigenvalue weighted by Crippen LogP contribution is -2.37. The lowest BCUT2D eigenvalue weighted by atomic mass is 10.1. The van der Waals surface area contributed by atoms with Gasteiger partial charge in [0.2, 0.25) is 0 Å². The van der Waals surface area contributed by atoms with Gasteiger partial charge in [-0.3, -0.25) is 4.90 Å². The highest BCUT2D eigenvalue weighted by atomic mass is 35.5. The molecular weight excluding hydrogens is 272 g/mol. The van der Waals surface area contributed by atoms with Crippen LogP contribution in [-0.2, 0) is 6.54 Å². The fraction of sp³-hybridized carbons (Fsp3) is 0.625. The summed E-state index contributed by atoms with van der Waals surface area (Å²) in [5.41, 5.74) is 2.59. The Bertz CT molecular complexity index is 438. The predicted octanol–water partition coefficient (Wildman–Crippen LogP) is 2.75. The number of nitrogens with one attached hydrogen (secondary N) is 1. The summed E-state index contributed by atoms with van der Waals surface area (Å²) in [5, 5.41) is 3.56. The summed E-state index contributed by atoms with van der Waals surface area (Å²) in [5.74, 6) is 1.01.